The molecule has 17 heavy (non-hydrogen) atoms. The molecule has 0 fully saturated rings. The van der Waals surface area contributed by atoms with Gasteiger partial charge in [0.2, 0.25) is 0 Å². The smallest absolute Gasteiger partial charge is 0.164 e. The minimum Gasteiger partial charge on any atom is -0.497 e. The third kappa shape index (κ3) is 3.04. The molecule has 2 rings (SSSR count). The summed E-state index contributed by atoms with van der Waals surface area (Å²) in [4.78, 5) is 4.38. The van der Waals surface area contributed by atoms with Crippen molar-refractivity contribution in [3.05, 3.63) is 41.5 Å². The number of hydrogen-bond acceptors (Lipinski definition) is 4. The summed E-state index contributed by atoms with van der Waals surface area (Å²) in [5.41, 5.74) is 1.18. The van der Waals surface area contributed by atoms with Crippen molar-refractivity contribution >= 4 is 0 Å². The molecule has 0 aliphatic rings. The fourth-order valence-electron chi connectivity index (χ4n) is 1.59. The first-order chi connectivity index (χ1) is 8.31. The van der Waals surface area contributed by atoms with Crippen LogP contribution in [-0.2, 0) is 13.0 Å². The number of methoxy groups -OCH3 is 1. The van der Waals surface area contributed by atoms with Crippen LogP contribution in [0.5, 0.6) is 5.75 Å². The summed E-state index contributed by atoms with van der Waals surface area (Å²) in [5, 5.41) is 10.1. The van der Waals surface area contributed by atoms with Gasteiger partial charge in [-0.1, -0.05) is 12.1 Å². The number of rotatable bonds is 5. The normalized spacial score (nSPS) is 10.5. The van der Waals surface area contributed by atoms with Gasteiger partial charge in [-0.2, -0.15) is 5.10 Å². The van der Waals surface area contributed by atoms with Crippen LogP contribution in [-0.4, -0.2) is 29.3 Å². The molecule has 2 N–H and O–H groups in total. The molecule has 0 unspecified atom stereocenters. The van der Waals surface area contributed by atoms with Crippen molar-refractivity contribution in [1.82, 2.24) is 20.5 Å². The highest BCUT2D eigenvalue weighted by Gasteiger charge is 2.03. The van der Waals surface area contributed by atoms with E-state index in [0.717, 1.165) is 23.8 Å². The lowest BCUT2D eigenvalue weighted by molar-refractivity contribution is 0.414. The second-order valence-corrected chi connectivity index (χ2v) is 3.75. The average molecular weight is 232 g/mol. The summed E-state index contributed by atoms with van der Waals surface area (Å²) in [5.74, 6) is 2.53. The molecule has 90 valence electrons. The lowest BCUT2D eigenvalue weighted by Gasteiger charge is -2.01. The molecule has 0 bridgehead atoms. The van der Waals surface area contributed by atoms with Gasteiger partial charge in [0.15, 0.2) is 5.82 Å². The zero-order valence-corrected chi connectivity index (χ0v) is 10.0. The summed E-state index contributed by atoms with van der Waals surface area (Å²) in [6.07, 6.45) is 0.751. The van der Waals surface area contributed by atoms with Gasteiger partial charge in [-0.3, -0.25) is 5.10 Å². The highest BCUT2D eigenvalue weighted by atomic mass is 16.5. The first-order valence-electron chi connectivity index (χ1n) is 5.49. The van der Waals surface area contributed by atoms with Crippen LogP contribution in [0, 0.1) is 0 Å². The van der Waals surface area contributed by atoms with Crippen molar-refractivity contribution in [2.24, 2.45) is 0 Å². The van der Waals surface area contributed by atoms with Crippen LogP contribution in [0.2, 0.25) is 0 Å². The topological polar surface area (TPSA) is 62.8 Å². The van der Waals surface area contributed by atoms with Crippen molar-refractivity contribution < 1.29 is 4.74 Å². The molecule has 1 aromatic carbocycles. The van der Waals surface area contributed by atoms with Crippen molar-refractivity contribution in [3.8, 4) is 5.75 Å². The zero-order chi connectivity index (χ0) is 12.1. The number of aromatic amines is 1. The molecular formula is C12H16N4O. The number of benzene rings is 1. The number of nitrogens with zero attached hydrogens (tertiary/aromatic N) is 2. The first kappa shape index (κ1) is 11.6. The Morgan fingerprint density at radius 3 is 2.71 bits per heavy atom. The maximum atomic E-state index is 5.11. The largest absolute Gasteiger partial charge is 0.497 e. The van der Waals surface area contributed by atoms with Gasteiger partial charge in [-0.25, -0.2) is 4.98 Å². The zero-order valence-electron chi connectivity index (χ0n) is 10.0. The molecule has 0 saturated heterocycles. The van der Waals surface area contributed by atoms with Gasteiger partial charge in [0.05, 0.1) is 13.7 Å². The number of ether oxygens (including phenoxy) is 1. The summed E-state index contributed by atoms with van der Waals surface area (Å²) in [6, 6.07) is 7.94. The molecule has 1 heterocycles. The lowest BCUT2D eigenvalue weighted by atomic mass is 10.1. The van der Waals surface area contributed by atoms with E-state index in [-0.39, 0.29) is 0 Å². The van der Waals surface area contributed by atoms with Gasteiger partial charge in [0.25, 0.3) is 0 Å². The molecule has 0 atom stereocenters. The van der Waals surface area contributed by atoms with Crippen LogP contribution in [0.4, 0.5) is 0 Å². The third-order valence-electron chi connectivity index (χ3n) is 2.44. The SMILES string of the molecule is CNCc1n[nH]c(Cc2ccc(OC)cc2)n1. The monoisotopic (exact) mass is 232 g/mol. The minimum absolute atomic E-state index is 0.680. The predicted molar refractivity (Wildman–Crippen MR) is 64.9 cm³/mol. The fourth-order valence-corrected chi connectivity index (χ4v) is 1.59. The Morgan fingerprint density at radius 1 is 1.29 bits per heavy atom. The van der Waals surface area contributed by atoms with E-state index in [2.05, 4.69) is 20.5 Å². The molecule has 0 aliphatic heterocycles. The first-order valence-corrected chi connectivity index (χ1v) is 5.49. The molecule has 1 aromatic heterocycles. The van der Waals surface area contributed by atoms with Crippen LogP contribution in [0.25, 0.3) is 0 Å². The Labute approximate surface area is 100 Å². The molecule has 5 heteroatoms. The van der Waals surface area contributed by atoms with E-state index in [1.807, 2.05) is 31.3 Å². The van der Waals surface area contributed by atoms with Crippen LogP contribution in [0.3, 0.4) is 0 Å². The predicted octanol–water partition coefficient (Wildman–Crippen LogP) is 1.12. The highest BCUT2D eigenvalue weighted by Crippen LogP contribution is 2.13. The van der Waals surface area contributed by atoms with Crippen molar-refractivity contribution in [1.29, 1.82) is 0 Å². The van der Waals surface area contributed by atoms with E-state index < -0.39 is 0 Å². The second kappa shape index (κ2) is 5.45. The lowest BCUT2D eigenvalue weighted by Crippen LogP contribution is -2.06. The maximum Gasteiger partial charge on any atom is 0.164 e. The average Bonchev–Trinajstić information content (AvgIpc) is 2.78. The Balaban J connectivity index is 2.03. The van der Waals surface area contributed by atoms with Gasteiger partial charge in [-0.05, 0) is 24.7 Å². The molecule has 0 amide bonds. The van der Waals surface area contributed by atoms with Gasteiger partial charge in [-0.15, -0.1) is 0 Å². The molecular weight excluding hydrogens is 216 g/mol. The molecule has 0 aliphatic carbocycles. The van der Waals surface area contributed by atoms with Crippen LogP contribution < -0.4 is 10.1 Å². The van der Waals surface area contributed by atoms with Gasteiger partial charge in [0, 0.05) is 6.42 Å². The van der Waals surface area contributed by atoms with E-state index in [1.54, 1.807) is 7.11 Å². The second-order valence-electron chi connectivity index (χ2n) is 3.75. The summed E-state index contributed by atoms with van der Waals surface area (Å²) in [7, 11) is 3.54. The van der Waals surface area contributed by atoms with Gasteiger partial charge >= 0.3 is 0 Å². The Morgan fingerprint density at radius 2 is 2.06 bits per heavy atom. The Bertz CT molecular complexity index is 464. The Hall–Kier alpha value is -1.88. The standard InChI is InChI=1S/C12H16N4O/c1-13-8-12-14-11(15-16-12)7-9-3-5-10(17-2)6-4-9/h3-6,13H,7-8H2,1-2H3,(H,14,15,16). The number of nitrogens with one attached hydrogen (secondary N) is 2. The van der Waals surface area contributed by atoms with E-state index >= 15 is 0 Å². The molecule has 0 radical (unpaired) electrons. The van der Waals surface area contributed by atoms with Crippen molar-refractivity contribution in [2.75, 3.05) is 14.2 Å². The van der Waals surface area contributed by atoms with E-state index in [0.29, 0.717) is 6.54 Å². The van der Waals surface area contributed by atoms with Crippen LogP contribution in [0.1, 0.15) is 17.2 Å². The Kier molecular flexibility index (Phi) is 3.72. The number of hydrogen-bond donors (Lipinski definition) is 2. The number of H-pyrrole nitrogens is 1. The highest BCUT2D eigenvalue weighted by molar-refractivity contribution is 5.28. The summed E-state index contributed by atoms with van der Waals surface area (Å²) >= 11 is 0. The molecule has 2 aromatic rings. The van der Waals surface area contributed by atoms with E-state index in [1.165, 1.54) is 5.56 Å². The van der Waals surface area contributed by atoms with E-state index in [9.17, 15) is 0 Å². The molecule has 0 spiro atoms. The van der Waals surface area contributed by atoms with Crippen LogP contribution in [0.15, 0.2) is 24.3 Å². The summed E-state index contributed by atoms with van der Waals surface area (Å²) < 4.78 is 5.11. The molecule has 0 saturated carbocycles. The number of aromatic nitrogens is 3. The molecule has 5 nitrogen and oxygen atoms in total. The van der Waals surface area contributed by atoms with Crippen LogP contribution >= 0.6 is 0 Å². The van der Waals surface area contributed by atoms with E-state index in [4.69, 9.17) is 4.74 Å². The summed E-state index contributed by atoms with van der Waals surface area (Å²) in [6.45, 7) is 0.680. The van der Waals surface area contributed by atoms with Crippen molar-refractivity contribution in [3.63, 3.8) is 0 Å². The third-order valence-corrected chi connectivity index (χ3v) is 2.44. The van der Waals surface area contributed by atoms with Gasteiger partial charge in [0.1, 0.15) is 11.6 Å². The fraction of sp³-hybridized carbons (Fsp3) is 0.333. The van der Waals surface area contributed by atoms with Crippen molar-refractivity contribution in [2.45, 2.75) is 13.0 Å². The minimum atomic E-state index is 0.680. The quantitative estimate of drug-likeness (QED) is 0.811. The maximum absolute atomic E-state index is 5.11. The van der Waals surface area contributed by atoms with Gasteiger partial charge < -0.3 is 10.1 Å².